The molecule has 2 saturated heterocycles. The molecule has 0 saturated carbocycles. The molecule has 0 radical (unpaired) electrons. The molecule has 178 valence electrons. The third-order valence-corrected chi connectivity index (χ3v) is 7.58. The van der Waals surface area contributed by atoms with E-state index in [-0.39, 0.29) is 43.6 Å². The number of nitrogens with zero attached hydrogens (tertiary/aromatic N) is 2. The fraction of sp³-hybridized carbons (Fsp3) is 0.667. The van der Waals surface area contributed by atoms with E-state index in [4.69, 9.17) is 9.47 Å². The molecule has 4 amide bonds. The summed E-state index contributed by atoms with van der Waals surface area (Å²) < 4.78 is 9.50. The molecule has 2 fully saturated rings. The Bertz CT molecular complexity index is 741. The highest BCUT2D eigenvalue weighted by Gasteiger charge is 2.34. The average molecular weight is 493 g/mol. The molecule has 0 aromatic heterocycles. The molecular formula is C18H24N2O10S2. The molecule has 2 aliphatic heterocycles. The molecule has 2 heterocycles. The van der Waals surface area contributed by atoms with Crippen molar-refractivity contribution in [1.29, 1.82) is 0 Å². The van der Waals surface area contributed by atoms with Gasteiger partial charge in [0.05, 0.1) is 13.2 Å². The molecule has 0 N–H and O–H groups in total. The minimum absolute atomic E-state index is 0.0109. The average Bonchev–Trinajstić information content (AvgIpc) is 3.20. The highest BCUT2D eigenvalue weighted by molar-refractivity contribution is 8.77. The minimum atomic E-state index is -1.11. The molecule has 12 nitrogen and oxygen atoms in total. The van der Waals surface area contributed by atoms with Crippen LogP contribution in [0.25, 0.3) is 0 Å². The number of amides is 4. The van der Waals surface area contributed by atoms with E-state index in [0.29, 0.717) is 28.7 Å². The van der Waals surface area contributed by atoms with E-state index in [1.54, 1.807) is 10.8 Å². The summed E-state index contributed by atoms with van der Waals surface area (Å²) in [4.78, 5) is 77.8. The van der Waals surface area contributed by atoms with Crippen LogP contribution in [0.3, 0.4) is 0 Å². The monoisotopic (exact) mass is 492 g/mol. The Kier molecular flexibility index (Phi) is 9.62. The molecule has 0 aromatic carbocycles. The van der Waals surface area contributed by atoms with E-state index in [2.05, 4.69) is 9.68 Å². The van der Waals surface area contributed by atoms with Crippen molar-refractivity contribution in [3.63, 3.8) is 0 Å². The standard InChI is InChI=1S/C18H24N2O10S2/c1-18(2,8-10-28-17(26)30-20-14(23)6-7-15(20)24)32-31-11-3-9-27-16(25)29-19-12(21)4-5-13(19)22/h3-11H2,1-2H3. The van der Waals surface area contributed by atoms with E-state index in [1.165, 1.54) is 10.8 Å². The predicted molar refractivity (Wildman–Crippen MR) is 110 cm³/mol. The van der Waals surface area contributed by atoms with E-state index in [0.717, 1.165) is 0 Å². The predicted octanol–water partition coefficient (Wildman–Crippen LogP) is 2.36. The first-order valence-corrected chi connectivity index (χ1v) is 12.1. The maximum atomic E-state index is 11.6. The first-order valence-electron chi connectivity index (χ1n) is 9.81. The smallest absolute Gasteiger partial charge is 0.433 e. The van der Waals surface area contributed by atoms with Crippen molar-refractivity contribution in [3.05, 3.63) is 0 Å². The molecule has 32 heavy (non-hydrogen) atoms. The van der Waals surface area contributed by atoms with Crippen molar-refractivity contribution >= 4 is 57.5 Å². The normalized spacial score (nSPS) is 16.6. The largest absolute Gasteiger partial charge is 0.533 e. The van der Waals surface area contributed by atoms with Gasteiger partial charge >= 0.3 is 12.3 Å². The van der Waals surface area contributed by atoms with E-state index in [9.17, 15) is 28.8 Å². The van der Waals surface area contributed by atoms with Crippen LogP contribution in [0.15, 0.2) is 0 Å². The lowest BCUT2D eigenvalue weighted by atomic mass is 10.1. The Morgan fingerprint density at radius 2 is 1.25 bits per heavy atom. The van der Waals surface area contributed by atoms with E-state index in [1.807, 2.05) is 13.8 Å². The van der Waals surface area contributed by atoms with Gasteiger partial charge < -0.3 is 9.47 Å². The lowest BCUT2D eigenvalue weighted by Crippen LogP contribution is -2.32. The van der Waals surface area contributed by atoms with Crippen LogP contribution in [0, 0.1) is 0 Å². The van der Waals surface area contributed by atoms with Gasteiger partial charge in [-0.25, -0.2) is 9.59 Å². The van der Waals surface area contributed by atoms with Crippen LogP contribution >= 0.6 is 21.6 Å². The summed E-state index contributed by atoms with van der Waals surface area (Å²) in [5, 5.41) is 0.852. The number of rotatable bonds is 11. The van der Waals surface area contributed by atoms with Gasteiger partial charge in [-0.15, -0.1) is 0 Å². The third-order valence-electron chi connectivity index (χ3n) is 4.14. The fourth-order valence-electron chi connectivity index (χ4n) is 2.41. The molecule has 0 aliphatic carbocycles. The van der Waals surface area contributed by atoms with Gasteiger partial charge in [0.25, 0.3) is 23.6 Å². The quantitative estimate of drug-likeness (QED) is 0.180. The number of ether oxygens (including phenoxy) is 2. The molecule has 0 atom stereocenters. The van der Waals surface area contributed by atoms with Crippen molar-refractivity contribution in [2.24, 2.45) is 0 Å². The highest BCUT2D eigenvalue weighted by atomic mass is 33.1. The molecule has 14 heteroatoms. The van der Waals surface area contributed by atoms with Gasteiger partial charge in [-0.3, -0.25) is 28.9 Å². The first kappa shape index (κ1) is 25.8. The Hall–Kier alpha value is -2.48. The van der Waals surface area contributed by atoms with Gasteiger partial charge in [-0.05, 0) is 26.7 Å². The number of hydrogen-bond donors (Lipinski definition) is 0. The maximum Gasteiger partial charge on any atom is 0.533 e. The number of carbonyl (C=O) groups excluding carboxylic acids is 6. The van der Waals surface area contributed by atoms with Crippen molar-refractivity contribution < 1.29 is 47.9 Å². The zero-order valence-corrected chi connectivity index (χ0v) is 19.3. The third kappa shape index (κ3) is 8.22. The lowest BCUT2D eigenvalue weighted by molar-refractivity contribution is -0.177. The summed E-state index contributed by atoms with van der Waals surface area (Å²) in [7, 11) is 3.07. The van der Waals surface area contributed by atoms with Gasteiger partial charge in [0.15, 0.2) is 0 Å². The summed E-state index contributed by atoms with van der Waals surface area (Å²) in [6, 6.07) is 0. The van der Waals surface area contributed by atoms with Crippen molar-refractivity contribution in [1.82, 2.24) is 10.1 Å². The Morgan fingerprint density at radius 1 is 0.812 bits per heavy atom. The lowest BCUT2D eigenvalue weighted by Gasteiger charge is -2.23. The van der Waals surface area contributed by atoms with E-state index < -0.39 is 35.9 Å². The fourth-order valence-corrected chi connectivity index (χ4v) is 5.03. The number of carbonyl (C=O) groups is 6. The second-order valence-electron chi connectivity index (χ2n) is 7.31. The number of hydroxylamine groups is 4. The second kappa shape index (κ2) is 11.9. The zero-order chi connectivity index (χ0) is 23.7. The highest BCUT2D eigenvalue weighted by Crippen LogP contribution is 2.38. The molecule has 0 bridgehead atoms. The molecule has 0 aromatic rings. The summed E-state index contributed by atoms with van der Waals surface area (Å²) in [5.74, 6) is -1.65. The SMILES string of the molecule is CC(C)(CCOC(=O)ON1C(=O)CCC1=O)SSCCCOC(=O)ON1C(=O)CCC1=O. The topological polar surface area (TPSA) is 146 Å². The summed E-state index contributed by atoms with van der Waals surface area (Å²) >= 11 is 0. The van der Waals surface area contributed by atoms with Gasteiger partial charge in [0, 0.05) is 36.2 Å². The van der Waals surface area contributed by atoms with Crippen LogP contribution in [0.5, 0.6) is 0 Å². The van der Waals surface area contributed by atoms with Gasteiger partial charge in [-0.1, -0.05) is 31.7 Å². The van der Waals surface area contributed by atoms with Crippen LogP contribution in [-0.4, -0.2) is 69.8 Å². The molecule has 2 aliphatic rings. The number of imide groups is 2. The Balaban J connectivity index is 1.51. The van der Waals surface area contributed by atoms with Crippen molar-refractivity contribution in [2.75, 3.05) is 19.0 Å². The number of hydrogen-bond acceptors (Lipinski definition) is 12. The van der Waals surface area contributed by atoms with Crippen LogP contribution in [-0.2, 0) is 38.3 Å². The molecule has 2 rings (SSSR count). The summed E-state index contributed by atoms with van der Waals surface area (Å²) in [5.41, 5.74) is 0. The molecular weight excluding hydrogens is 468 g/mol. The minimum Gasteiger partial charge on any atom is -0.433 e. The Morgan fingerprint density at radius 3 is 1.72 bits per heavy atom. The summed E-state index contributed by atoms with van der Waals surface area (Å²) in [6.07, 6.45) is -1.15. The van der Waals surface area contributed by atoms with Crippen molar-refractivity contribution in [3.8, 4) is 0 Å². The first-order chi connectivity index (χ1) is 15.1. The van der Waals surface area contributed by atoms with E-state index >= 15 is 0 Å². The molecule has 0 spiro atoms. The molecule has 0 unspecified atom stereocenters. The van der Waals surface area contributed by atoms with Crippen LogP contribution in [0.4, 0.5) is 9.59 Å². The van der Waals surface area contributed by atoms with Gasteiger partial charge in [-0.2, -0.15) is 0 Å². The zero-order valence-electron chi connectivity index (χ0n) is 17.7. The second-order valence-corrected chi connectivity index (χ2v) is 10.4. The van der Waals surface area contributed by atoms with Crippen molar-refractivity contribution in [2.45, 2.75) is 57.1 Å². The summed E-state index contributed by atoms with van der Waals surface area (Å²) in [6.45, 7) is 4.00. The van der Waals surface area contributed by atoms with Crippen LogP contribution < -0.4 is 0 Å². The van der Waals surface area contributed by atoms with Crippen LogP contribution in [0.2, 0.25) is 0 Å². The maximum absolute atomic E-state index is 11.6. The van der Waals surface area contributed by atoms with Crippen LogP contribution in [0.1, 0.15) is 52.4 Å². The van der Waals surface area contributed by atoms with Gasteiger partial charge in [0.2, 0.25) is 0 Å². The van der Waals surface area contributed by atoms with Gasteiger partial charge in [0.1, 0.15) is 0 Å². The Labute approximate surface area is 191 Å².